The van der Waals surface area contributed by atoms with E-state index in [1.165, 1.54) is 5.56 Å². The van der Waals surface area contributed by atoms with Crippen LogP contribution < -0.4 is 9.62 Å². The normalized spacial score (nSPS) is 20.1. The van der Waals surface area contributed by atoms with Crippen LogP contribution in [0.4, 0.5) is 5.69 Å². The number of anilines is 1. The zero-order chi connectivity index (χ0) is 20.3. The van der Waals surface area contributed by atoms with Gasteiger partial charge in [-0.25, -0.2) is 0 Å². The molecular weight excluding hydrogens is 384 g/mol. The van der Waals surface area contributed by atoms with E-state index in [0.717, 1.165) is 30.5 Å². The van der Waals surface area contributed by atoms with Crippen molar-refractivity contribution in [3.05, 3.63) is 65.2 Å². The standard InChI is InChI=1S/C22H26N4O2S/c23-15-19-9-10-22-20(13-19)14-21(17-25(22)16-18-7-3-1-4-8-18)24-29(27,28)26-11-5-2-6-12-26/h1,3-4,7-10,13,21,24H,2,5-6,11-12,14,16-17H2/t21-/m0/s1. The summed E-state index contributed by atoms with van der Waals surface area (Å²) in [6, 6.07) is 17.8. The van der Waals surface area contributed by atoms with E-state index in [1.54, 1.807) is 4.31 Å². The van der Waals surface area contributed by atoms with Crippen LogP contribution in [0.25, 0.3) is 0 Å². The lowest BCUT2D eigenvalue weighted by Gasteiger charge is -2.37. The van der Waals surface area contributed by atoms with Gasteiger partial charge in [-0.3, -0.25) is 0 Å². The molecule has 2 heterocycles. The maximum absolute atomic E-state index is 12.9. The highest BCUT2D eigenvalue weighted by molar-refractivity contribution is 7.87. The molecule has 1 saturated heterocycles. The number of piperidine rings is 1. The second-order valence-corrected chi connectivity index (χ2v) is 9.51. The predicted octanol–water partition coefficient (Wildman–Crippen LogP) is 2.81. The van der Waals surface area contributed by atoms with Crippen LogP contribution in [-0.4, -0.2) is 38.4 Å². The van der Waals surface area contributed by atoms with Crippen LogP contribution in [0.15, 0.2) is 48.5 Å². The molecule has 1 N–H and O–H groups in total. The van der Waals surface area contributed by atoms with Crippen molar-refractivity contribution in [2.45, 2.75) is 38.3 Å². The Kier molecular flexibility index (Phi) is 5.86. The van der Waals surface area contributed by atoms with Gasteiger partial charge in [0.1, 0.15) is 0 Å². The molecule has 2 aliphatic heterocycles. The Hall–Kier alpha value is -2.40. The summed E-state index contributed by atoms with van der Waals surface area (Å²) in [4.78, 5) is 2.21. The van der Waals surface area contributed by atoms with Crippen molar-refractivity contribution < 1.29 is 8.42 Å². The monoisotopic (exact) mass is 410 g/mol. The number of nitriles is 1. The summed E-state index contributed by atoms with van der Waals surface area (Å²) in [5.41, 5.74) is 3.85. The van der Waals surface area contributed by atoms with Crippen LogP contribution in [-0.2, 0) is 23.2 Å². The molecule has 1 atom stereocenters. The number of hydrogen-bond acceptors (Lipinski definition) is 4. The average molecular weight is 411 g/mol. The van der Waals surface area contributed by atoms with Crippen LogP contribution in [0, 0.1) is 11.3 Å². The molecule has 6 nitrogen and oxygen atoms in total. The van der Waals surface area contributed by atoms with Gasteiger partial charge in [0.15, 0.2) is 0 Å². The van der Waals surface area contributed by atoms with Gasteiger partial charge in [-0.1, -0.05) is 36.8 Å². The van der Waals surface area contributed by atoms with Gasteiger partial charge in [0.2, 0.25) is 0 Å². The number of rotatable bonds is 5. The van der Waals surface area contributed by atoms with Gasteiger partial charge in [0.25, 0.3) is 10.2 Å². The van der Waals surface area contributed by atoms with Crippen molar-refractivity contribution in [1.82, 2.24) is 9.03 Å². The summed E-state index contributed by atoms with van der Waals surface area (Å²) in [6.07, 6.45) is 3.51. The Morgan fingerprint density at radius 1 is 1.07 bits per heavy atom. The fourth-order valence-corrected chi connectivity index (χ4v) is 5.71. The smallest absolute Gasteiger partial charge is 0.279 e. The number of nitrogens with one attached hydrogen (secondary N) is 1. The Labute approximate surface area is 172 Å². The molecule has 0 bridgehead atoms. The van der Waals surface area contributed by atoms with Gasteiger partial charge in [0.05, 0.1) is 11.6 Å². The summed E-state index contributed by atoms with van der Waals surface area (Å²) < 4.78 is 30.3. The number of benzene rings is 2. The zero-order valence-electron chi connectivity index (χ0n) is 16.4. The van der Waals surface area contributed by atoms with E-state index >= 15 is 0 Å². The minimum absolute atomic E-state index is 0.230. The van der Waals surface area contributed by atoms with E-state index in [9.17, 15) is 13.7 Å². The van der Waals surface area contributed by atoms with E-state index in [0.29, 0.717) is 38.2 Å². The first-order valence-corrected chi connectivity index (χ1v) is 11.6. The van der Waals surface area contributed by atoms with Crippen LogP contribution >= 0.6 is 0 Å². The van der Waals surface area contributed by atoms with E-state index < -0.39 is 10.2 Å². The third-order valence-electron chi connectivity index (χ3n) is 5.64. The largest absolute Gasteiger partial charge is 0.365 e. The average Bonchev–Trinajstić information content (AvgIpc) is 2.74. The fraction of sp³-hybridized carbons (Fsp3) is 0.409. The number of hydrogen-bond donors (Lipinski definition) is 1. The van der Waals surface area contributed by atoms with Crippen LogP contribution in [0.5, 0.6) is 0 Å². The second-order valence-electron chi connectivity index (χ2n) is 7.81. The third-order valence-corrected chi connectivity index (χ3v) is 7.32. The van der Waals surface area contributed by atoms with Gasteiger partial charge >= 0.3 is 0 Å². The summed E-state index contributed by atoms with van der Waals surface area (Å²) >= 11 is 0. The predicted molar refractivity (Wildman–Crippen MR) is 114 cm³/mol. The van der Waals surface area contributed by atoms with Crippen LogP contribution in [0.3, 0.4) is 0 Å². The van der Waals surface area contributed by atoms with Crippen molar-refractivity contribution in [2.24, 2.45) is 0 Å². The van der Waals surface area contributed by atoms with Crippen molar-refractivity contribution in [3.8, 4) is 6.07 Å². The number of fused-ring (bicyclic) bond motifs is 1. The summed E-state index contributed by atoms with van der Waals surface area (Å²) in [5, 5.41) is 9.28. The summed E-state index contributed by atoms with van der Waals surface area (Å²) in [5.74, 6) is 0. The molecule has 7 heteroatoms. The topological polar surface area (TPSA) is 76.4 Å². The van der Waals surface area contributed by atoms with Crippen LogP contribution in [0.2, 0.25) is 0 Å². The van der Waals surface area contributed by atoms with E-state index in [-0.39, 0.29) is 6.04 Å². The Bertz CT molecular complexity index is 995. The first-order chi connectivity index (χ1) is 14.0. The highest BCUT2D eigenvalue weighted by Gasteiger charge is 2.31. The molecular formula is C22H26N4O2S. The van der Waals surface area contributed by atoms with E-state index in [1.807, 2.05) is 36.4 Å². The molecule has 0 spiro atoms. The van der Waals surface area contributed by atoms with Gasteiger partial charge in [0, 0.05) is 37.9 Å². The van der Waals surface area contributed by atoms with Crippen molar-refractivity contribution in [3.63, 3.8) is 0 Å². The van der Waals surface area contributed by atoms with Crippen molar-refractivity contribution >= 4 is 15.9 Å². The Morgan fingerprint density at radius 3 is 2.55 bits per heavy atom. The molecule has 152 valence electrons. The lowest BCUT2D eigenvalue weighted by molar-refractivity contribution is 0.337. The van der Waals surface area contributed by atoms with E-state index in [2.05, 4.69) is 27.8 Å². The first kappa shape index (κ1) is 19.9. The molecule has 29 heavy (non-hydrogen) atoms. The molecule has 0 aliphatic carbocycles. The lowest BCUT2D eigenvalue weighted by atomic mass is 9.96. The second kappa shape index (κ2) is 8.54. The maximum Gasteiger partial charge on any atom is 0.279 e. The molecule has 0 radical (unpaired) electrons. The first-order valence-electron chi connectivity index (χ1n) is 10.1. The van der Waals surface area contributed by atoms with Gasteiger partial charge in [-0.2, -0.15) is 22.7 Å². The van der Waals surface area contributed by atoms with Gasteiger partial charge in [-0.15, -0.1) is 0 Å². The lowest BCUT2D eigenvalue weighted by Crippen LogP contribution is -2.53. The highest BCUT2D eigenvalue weighted by Crippen LogP contribution is 2.30. The summed E-state index contributed by atoms with van der Waals surface area (Å²) in [6.45, 7) is 2.47. The Morgan fingerprint density at radius 2 is 1.83 bits per heavy atom. The van der Waals surface area contributed by atoms with E-state index in [4.69, 9.17) is 0 Å². The van der Waals surface area contributed by atoms with Gasteiger partial charge < -0.3 is 4.90 Å². The molecule has 0 saturated carbocycles. The highest BCUT2D eigenvalue weighted by atomic mass is 32.2. The quantitative estimate of drug-likeness (QED) is 0.822. The van der Waals surface area contributed by atoms with Gasteiger partial charge in [-0.05, 0) is 48.6 Å². The van der Waals surface area contributed by atoms with Crippen LogP contribution in [0.1, 0.15) is 36.0 Å². The molecule has 1 fully saturated rings. The molecule has 2 aromatic rings. The fourth-order valence-electron chi connectivity index (χ4n) is 4.24. The summed E-state index contributed by atoms with van der Waals surface area (Å²) in [7, 11) is -3.51. The maximum atomic E-state index is 12.9. The Balaban J connectivity index is 1.58. The molecule has 0 aromatic heterocycles. The number of nitrogens with zero attached hydrogens (tertiary/aromatic N) is 3. The zero-order valence-corrected chi connectivity index (χ0v) is 17.2. The third kappa shape index (κ3) is 4.61. The molecule has 0 amide bonds. The molecule has 2 aromatic carbocycles. The van der Waals surface area contributed by atoms with Crippen molar-refractivity contribution in [1.29, 1.82) is 5.26 Å². The SMILES string of the molecule is N#Cc1ccc2c(c1)C[C@H](NS(=O)(=O)N1CCCCC1)CN2Cc1ccccc1. The minimum Gasteiger partial charge on any atom is -0.365 e. The molecule has 4 rings (SSSR count). The minimum atomic E-state index is -3.51. The molecule has 0 unspecified atom stereocenters. The molecule has 2 aliphatic rings. The van der Waals surface area contributed by atoms with Crippen molar-refractivity contribution in [2.75, 3.05) is 24.5 Å².